The Morgan fingerprint density at radius 3 is 2.67 bits per heavy atom. The molecule has 1 aliphatic carbocycles. The summed E-state index contributed by atoms with van der Waals surface area (Å²) in [6.07, 6.45) is 4.47. The van der Waals surface area contributed by atoms with Gasteiger partial charge in [-0.05, 0) is 37.2 Å². The minimum absolute atomic E-state index is 0.0872. The number of amides is 3. The number of nitrogens with two attached hydrogens (primary N) is 1. The fourth-order valence-electron chi connectivity index (χ4n) is 4.96. The van der Waals surface area contributed by atoms with E-state index in [-0.39, 0.29) is 48.1 Å². The van der Waals surface area contributed by atoms with Gasteiger partial charge in [0.2, 0.25) is 11.8 Å². The number of carbonyl (C=O) groups excluding carboxylic acids is 3. The summed E-state index contributed by atoms with van der Waals surface area (Å²) in [6.45, 7) is 4.53. The molecule has 9 heteroatoms. The third-order valence-corrected chi connectivity index (χ3v) is 6.69. The van der Waals surface area contributed by atoms with Crippen LogP contribution in [0.25, 0.3) is 0 Å². The van der Waals surface area contributed by atoms with Gasteiger partial charge < -0.3 is 26.4 Å². The Balaban J connectivity index is 1.66. The highest BCUT2D eigenvalue weighted by Crippen LogP contribution is 2.35. The zero-order chi connectivity index (χ0) is 24.2. The van der Waals surface area contributed by atoms with Gasteiger partial charge in [-0.15, -0.1) is 0 Å². The fourth-order valence-corrected chi connectivity index (χ4v) is 4.96. The van der Waals surface area contributed by atoms with Gasteiger partial charge in [-0.25, -0.2) is 0 Å². The van der Waals surface area contributed by atoms with Crippen molar-refractivity contribution in [3.63, 3.8) is 0 Å². The van der Waals surface area contributed by atoms with E-state index in [9.17, 15) is 19.5 Å². The van der Waals surface area contributed by atoms with Crippen LogP contribution in [0.3, 0.4) is 0 Å². The van der Waals surface area contributed by atoms with Crippen molar-refractivity contribution in [3.8, 4) is 0 Å². The van der Waals surface area contributed by atoms with Crippen molar-refractivity contribution in [2.75, 3.05) is 25.0 Å². The number of para-hydroxylation sites is 1. The number of primary amides is 1. The number of nitrogens with zero attached hydrogens (tertiary/aromatic N) is 1. The number of carbonyl (C=O) groups is 3. The van der Waals surface area contributed by atoms with Crippen LogP contribution in [-0.4, -0.2) is 65.2 Å². The Hall–Kier alpha value is -2.94. The Morgan fingerprint density at radius 1 is 1.27 bits per heavy atom. The zero-order valence-electron chi connectivity index (χ0n) is 19.4. The average molecular weight is 458 g/mol. The average Bonchev–Trinajstić information content (AvgIpc) is 3.21. The summed E-state index contributed by atoms with van der Waals surface area (Å²) in [5.41, 5.74) is 5.82. The van der Waals surface area contributed by atoms with Crippen LogP contribution in [0.4, 0.5) is 5.69 Å². The highest BCUT2D eigenvalue weighted by atomic mass is 16.3. The van der Waals surface area contributed by atoms with Crippen molar-refractivity contribution in [2.24, 2.45) is 17.1 Å². The Kier molecular flexibility index (Phi) is 7.73. The molecule has 3 amide bonds. The monoisotopic (exact) mass is 457 g/mol. The Bertz CT molecular complexity index is 916. The summed E-state index contributed by atoms with van der Waals surface area (Å²) in [4.78, 5) is 39.1. The van der Waals surface area contributed by atoms with Gasteiger partial charge in [-0.1, -0.05) is 38.5 Å². The molecule has 1 aromatic carbocycles. The lowest BCUT2D eigenvalue weighted by atomic mass is 9.75. The first-order chi connectivity index (χ1) is 15.6. The predicted molar refractivity (Wildman–Crippen MR) is 126 cm³/mol. The van der Waals surface area contributed by atoms with Gasteiger partial charge in [0.15, 0.2) is 0 Å². The third-order valence-electron chi connectivity index (χ3n) is 6.69. The first kappa shape index (κ1) is 24.7. The lowest BCUT2D eigenvalue weighted by Gasteiger charge is -2.36. The molecule has 6 N–H and O–H groups in total. The number of likely N-dealkylation sites (tertiary alicyclic amines) is 1. The number of hydrogen-bond acceptors (Lipinski definition) is 6. The van der Waals surface area contributed by atoms with Crippen LogP contribution < -0.4 is 16.4 Å². The molecule has 1 saturated heterocycles. The number of aliphatic hydroxyl groups excluding tert-OH is 1. The molecule has 3 rings (SSSR count). The quantitative estimate of drug-likeness (QED) is 0.373. The van der Waals surface area contributed by atoms with E-state index in [0.717, 1.165) is 25.7 Å². The van der Waals surface area contributed by atoms with Crippen LogP contribution in [0.1, 0.15) is 51.5 Å². The van der Waals surface area contributed by atoms with Crippen LogP contribution in [0.5, 0.6) is 0 Å². The molecule has 3 unspecified atom stereocenters. The lowest BCUT2D eigenvalue weighted by molar-refractivity contribution is -0.137. The molecule has 0 spiro atoms. The molecule has 1 aromatic rings. The van der Waals surface area contributed by atoms with Crippen LogP contribution >= 0.6 is 0 Å². The molecule has 1 aliphatic heterocycles. The van der Waals surface area contributed by atoms with Gasteiger partial charge in [-0.3, -0.25) is 19.8 Å². The van der Waals surface area contributed by atoms with Crippen molar-refractivity contribution < 1.29 is 19.5 Å². The van der Waals surface area contributed by atoms with E-state index in [1.165, 1.54) is 4.90 Å². The van der Waals surface area contributed by atoms with Gasteiger partial charge in [-0.2, -0.15) is 0 Å². The highest BCUT2D eigenvalue weighted by Gasteiger charge is 2.40. The molecule has 2 aliphatic rings. The van der Waals surface area contributed by atoms with Gasteiger partial charge in [0.1, 0.15) is 11.8 Å². The molecular formula is C24H35N5O4. The molecule has 0 radical (unpaired) electrons. The summed E-state index contributed by atoms with van der Waals surface area (Å²) in [7, 11) is 0. The smallest absolute Gasteiger partial charge is 0.267 e. The molecule has 33 heavy (non-hydrogen) atoms. The molecule has 1 heterocycles. The standard InChI is InChI=1S/C24H35N5O4/c1-24(2)9-5-6-16(11-24)28-23(33)19-10-15(14-30)13-29(19)20(31)12-27-18-8-4-3-7-17(18)21(25)22(26)32/h3-4,7-8,15-16,19,25,27,30H,5-6,9-14H2,1-2H3,(H2,26,32)(H,28,33). The van der Waals surface area contributed by atoms with Gasteiger partial charge in [0.25, 0.3) is 5.91 Å². The van der Waals surface area contributed by atoms with E-state index in [0.29, 0.717) is 24.2 Å². The second kappa shape index (κ2) is 10.3. The molecular weight excluding hydrogens is 422 g/mol. The van der Waals surface area contributed by atoms with Crippen molar-refractivity contribution in [1.82, 2.24) is 10.2 Å². The van der Waals surface area contributed by atoms with Crippen molar-refractivity contribution in [1.29, 1.82) is 5.41 Å². The number of hydrogen-bond donors (Lipinski definition) is 5. The molecule has 0 aromatic heterocycles. The minimum atomic E-state index is -0.858. The summed E-state index contributed by atoms with van der Waals surface area (Å²) in [5.74, 6) is -1.46. The van der Waals surface area contributed by atoms with Crippen LogP contribution in [-0.2, 0) is 14.4 Å². The molecule has 9 nitrogen and oxygen atoms in total. The Morgan fingerprint density at radius 2 is 2.00 bits per heavy atom. The molecule has 2 fully saturated rings. The SMILES string of the molecule is CC1(C)CCCC(NC(=O)C2CC(CO)CN2C(=O)CNc2ccccc2C(=N)C(N)=O)C1. The maximum absolute atomic E-state index is 13.1. The lowest BCUT2D eigenvalue weighted by Crippen LogP contribution is -2.51. The molecule has 0 bridgehead atoms. The van der Waals surface area contributed by atoms with Gasteiger partial charge in [0, 0.05) is 36.4 Å². The Labute approximate surface area is 194 Å². The summed E-state index contributed by atoms with van der Waals surface area (Å²) in [5, 5.41) is 23.7. The zero-order valence-corrected chi connectivity index (χ0v) is 19.4. The first-order valence-corrected chi connectivity index (χ1v) is 11.5. The molecule has 3 atom stereocenters. The van der Waals surface area contributed by atoms with E-state index in [1.807, 2.05) is 0 Å². The predicted octanol–water partition coefficient (Wildman–Crippen LogP) is 1.25. The van der Waals surface area contributed by atoms with Gasteiger partial charge in [0.05, 0.1) is 6.54 Å². The normalized spacial score (nSPS) is 24.2. The molecule has 180 valence electrons. The largest absolute Gasteiger partial charge is 0.396 e. The maximum Gasteiger partial charge on any atom is 0.267 e. The maximum atomic E-state index is 13.1. The summed E-state index contributed by atoms with van der Waals surface area (Å²) in [6, 6.07) is 6.12. The minimum Gasteiger partial charge on any atom is -0.396 e. The van der Waals surface area contributed by atoms with Crippen LogP contribution in [0.15, 0.2) is 24.3 Å². The number of aliphatic hydroxyl groups is 1. The van der Waals surface area contributed by atoms with Crippen molar-refractivity contribution >= 4 is 29.1 Å². The topological polar surface area (TPSA) is 149 Å². The van der Waals surface area contributed by atoms with E-state index >= 15 is 0 Å². The van der Waals surface area contributed by atoms with Gasteiger partial charge >= 0.3 is 0 Å². The summed E-state index contributed by atoms with van der Waals surface area (Å²) >= 11 is 0. The van der Waals surface area contributed by atoms with Crippen LogP contribution in [0, 0.1) is 16.7 Å². The van der Waals surface area contributed by atoms with Crippen molar-refractivity contribution in [2.45, 2.75) is 58.0 Å². The second-order valence-corrected chi connectivity index (χ2v) is 9.95. The van der Waals surface area contributed by atoms with E-state index in [1.54, 1.807) is 24.3 Å². The van der Waals surface area contributed by atoms with E-state index in [4.69, 9.17) is 11.1 Å². The number of benzene rings is 1. The number of rotatable bonds is 8. The first-order valence-electron chi connectivity index (χ1n) is 11.5. The van der Waals surface area contributed by atoms with Crippen molar-refractivity contribution in [3.05, 3.63) is 29.8 Å². The van der Waals surface area contributed by atoms with E-state index in [2.05, 4.69) is 24.5 Å². The molecule has 1 saturated carbocycles. The highest BCUT2D eigenvalue weighted by molar-refractivity contribution is 6.44. The fraction of sp³-hybridized carbons (Fsp3) is 0.583. The number of nitrogens with one attached hydrogen (secondary N) is 3. The number of anilines is 1. The second-order valence-electron chi connectivity index (χ2n) is 9.95. The summed E-state index contributed by atoms with van der Waals surface area (Å²) < 4.78 is 0. The third kappa shape index (κ3) is 6.10. The van der Waals surface area contributed by atoms with E-state index < -0.39 is 11.9 Å². The van der Waals surface area contributed by atoms with Crippen LogP contribution in [0.2, 0.25) is 0 Å².